The predicted molar refractivity (Wildman–Crippen MR) is 119 cm³/mol. The van der Waals surface area contributed by atoms with E-state index in [2.05, 4.69) is 47.9 Å². The van der Waals surface area contributed by atoms with Crippen molar-refractivity contribution in [2.75, 3.05) is 37.4 Å². The number of rotatable bonds is 8. The van der Waals surface area contributed by atoms with Crippen molar-refractivity contribution in [1.82, 2.24) is 24.9 Å². The predicted octanol–water partition coefficient (Wildman–Crippen LogP) is 3.45. The minimum atomic E-state index is 0.0248. The first-order valence-corrected chi connectivity index (χ1v) is 10.7. The molecule has 1 saturated heterocycles. The molecule has 1 fully saturated rings. The zero-order valence-electron chi connectivity index (χ0n) is 18.1. The molecule has 8 heteroatoms. The van der Waals surface area contributed by atoms with E-state index >= 15 is 0 Å². The molecule has 1 aliphatic rings. The number of anilines is 2. The van der Waals surface area contributed by atoms with Crippen LogP contribution in [-0.2, 0) is 0 Å². The van der Waals surface area contributed by atoms with Gasteiger partial charge in [-0.05, 0) is 56.0 Å². The lowest BCUT2D eigenvalue weighted by molar-refractivity contribution is 0.414. The van der Waals surface area contributed by atoms with Gasteiger partial charge in [0.15, 0.2) is 5.65 Å². The van der Waals surface area contributed by atoms with Crippen LogP contribution >= 0.6 is 0 Å². The van der Waals surface area contributed by atoms with Gasteiger partial charge in [0.2, 0.25) is 11.9 Å². The molecular formula is C22H31N7O. The maximum atomic E-state index is 5.37. The van der Waals surface area contributed by atoms with E-state index in [1.54, 1.807) is 11.6 Å². The third-order valence-electron chi connectivity index (χ3n) is 5.67. The Labute approximate surface area is 177 Å². The van der Waals surface area contributed by atoms with Crippen LogP contribution in [0.4, 0.5) is 11.9 Å². The standard InChI is InChI=1S/C22H31N7O/c1-14(2)19-13-25-29-20(19)27-21(24-12-16-8-9-23-11-16)28-22(29)26-15(3)17-6-5-7-18(10-17)30-4/h5-7,10,13-16,23H,8-9,11-12H2,1-4H3,(H2,24,26,27,28)/t15-,16?/m0/s1. The fourth-order valence-electron chi connectivity index (χ4n) is 3.79. The summed E-state index contributed by atoms with van der Waals surface area (Å²) in [6.45, 7) is 9.39. The van der Waals surface area contributed by atoms with Gasteiger partial charge in [-0.3, -0.25) is 0 Å². The minimum Gasteiger partial charge on any atom is -0.497 e. The maximum Gasteiger partial charge on any atom is 0.229 e. The molecule has 0 bridgehead atoms. The van der Waals surface area contributed by atoms with Gasteiger partial charge in [-0.1, -0.05) is 26.0 Å². The number of nitrogens with one attached hydrogen (secondary N) is 3. The van der Waals surface area contributed by atoms with E-state index in [0.29, 0.717) is 23.7 Å². The van der Waals surface area contributed by atoms with Crippen LogP contribution in [0.2, 0.25) is 0 Å². The Kier molecular flexibility index (Phi) is 6.03. The summed E-state index contributed by atoms with van der Waals surface area (Å²) in [5.74, 6) is 3.08. The lowest BCUT2D eigenvalue weighted by Gasteiger charge is -2.18. The molecule has 1 aliphatic heterocycles. The van der Waals surface area contributed by atoms with Crippen molar-refractivity contribution >= 4 is 17.5 Å². The summed E-state index contributed by atoms with van der Waals surface area (Å²) in [5, 5.41) is 14.9. The van der Waals surface area contributed by atoms with Gasteiger partial charge in [-0.25, -0.2) is 0 Å². The van der Waals surface area contributed by atoms with Crippen molar-refractivity contribution in [3.8, 4) is 5.75 Å². The van der Waals surface area contributed by atoms with Crippen LogP contribution in [0.5, 0.6) is 5.75 Å². The summed E-state index contributed by atoms with van der Waals surface area (Å²) in [7, 11) is 1.68. The number of aromatic nitrogens is 4. The highest BCUT2D eigenvalue weighted by atomic mass is 16.5. The summed E-state index contributed by atoms with van der Waals surface area (Å²) >= 11 is 0. The van der Waals surface area contributed by atoms with Gasteiger partial charge in [0, 0.05) is 12.1 Å². The molecule has 0 aliphatic carbocycles. The Morgan fingerprint density at radius 3 is 2.87 bits per heavy atom. The number of methoxy groups -OCH3 is 1. The molecule has 0 amide bonds. The molecule has 2 aromatic heterocycles. The average molecular weight is 410 g/mol. The molecule has 30 heavy (non-hydrogen) atoms. The summed E-state index contributed by atoms with van der Waals surface area (Å²) in [5.41, 5.74) is 3.07. The molecule has 3 N–H and O–H groups in total. The van der Waals surface area contributed by atoms with Gasteiger partial charge in [0.1, 0.15) is 5.75 Å². The van der Waals surface area contributed by atoms with Crippen LogP contribution < -0.4 is 20.7 Å². The molecule has 3 heterocycles. The molecule has 0 spiro atoms. The van der Waals surface area contributed by atoms with Crippen LogP contribution in [0, 0.1) is 5.92 Å². The zero-order valence-corrected chi connectivity index (χ0v) is 18.1. The fraction of sp³-hybridized carbons (Fsp3) is 0.500. The molecule has 160 valence electrons. The Hall–Kier alpha value is -2.87. The van der Waals surface area contributed by atoms with Crippen molar-refractivity contribution in [1.29, 1.82) is 0 Å². The molecule has 3 aromatic rings. The van der Waals surface area contributed by atoms with Gasteiger partial charge < -0.3 is 20.7 Å². The molecule has 4 rings (SSSR count). The second-order valence-electron chi connectivity index (χ2n) is 8.24. The third kappa shape index (κ3) is 4.33. The molecule has 2 atom stereocenters. The van der Waals surface area contributed by atoms with E-state index in [0.717, 1.165) is 42.2 Å². The smallest absolute Gasteiger partial charge is 0.229 e. The van der Waals surface area contributed by atoms with Crippen molar-refractivity contribution in [2.24, 2.45) is 5.92 Å². The monoisotopic (exact) mass is 409 g/mol. The normalized spacial score (nSPS) is 17.4. The highest BCUT2D eigenvalue weighted by Gasteiger charge is 2.19. The number of fused-ring (bicyclic) bond motifs is 1. The van der Waals surface area contributed by atoms with Crippen LogP contribution in [-0.4, -0.2) is 46.3 Å². The highest BCUT2D eigenvalue weighted by Crippen LogP contribution is 2.26. The van der Waals surface area contributed by atoms with E-state index in [1.807, 2.05) is 24.4 Å². The molecule has 1 aromatic carbocycles. The summed E-state index contributed by atoms with van der Waals surface area (Å²) in [6, 6.07) is 8.08. The first-order chi connectivity index (χ1) is 14.5. The fourth-order valence-corrected chi connectivity index (χ4v) is 3.79. The van der Waals surface area contributed by atoms with Crippen molar-refractivity contribution in [3.63, 3.8) is 0 Å². The van der Waals surface area contributed by atoms with Crippen molar-refractivity contribution in [3.05, 3.63) is 41.6 Å². The van der Waals surface area contributed by atoms with E-state index < -0.39 is 0 Å². The van der Waals surface area contributed by atoms with Crippen LogP contribution in [0.15, 0.2) is 30.5 Å². The topological polar surface area (TPSA) is 88.4 Å². The second kappa shape index (κ2) is 8.87. The van der Waals surface area contributed by atoms with E-state index in [-0.39, 0.29) is 6.04 Å². The third-order valence-corrected chi connectivity index (χ3v) is 5.67. The van der Waals surface area contributed by atoms with Gasteiger partial charge in [-0.15, -0.1) is 0 Å². The van der Waals surface area contributed by atoms with Crippen LogP contribution in [0.3, 0.4) is 0 Å². The number of ether oxygens (including phenoxy) is 1. The van der Waals surface area contributed by atoms with Crippen molar-refractivity contribution < 1.29 is 4.74 Å². The highest BCUT2D eigenvalue weighted by molar-refractivity contribution is 5.56. The lowest BCUT2D eigenvalue weighted by Crippen LogP contribution is -2.20. The SMILES string of the molecule is COc1cccc([C@H](C)Nc2nc(NCC3CCNC3)nc3c(C(C)C)cnn23)c1. The Bertz CT molecular complexity index is 994. The first-order valence-electron chi connectivity index (χ1n) is 10.7. The zero-order chi connectivity index (χ0) is 21.1. The molecule has 0 saturated carbocycles. The van der Waals surface area contributed by atoms with E-state index in [1.165, 1.54) is 6.42 Å². The number of hydrogen-bond donors (Lipinski definition) is 3. The Balaban J connectivity index is 1.64. The summed E-state index contributed by atoms with van der Waals surface area (Å²) in [4.78, 5) is 9.54. The number of nitrogens with zero attached hydrogens (tertiary/aromatic N) is 4. The van der Waals surface area contributed by atoms with Gasteiger partial charge >= 0.3 is 0 Å². The lowest BCUT2D eigenvalue weighted by atomic mass is 10.1. The second-order valence-corrected chi connectivity index (χ2v) is 8.24. The quantitative estimate of drug-likeness (QED) is 0.525. The largest absolute Gasteiger partial charge is 0.497 e. The van der Waals surface area contributed by atoms with Gasteiger partial charge in [-0.2, -0.15) is 19.6 Å². The average Bonchev–Trinajstić information content (AvgIpc) is 3.42. The molecule has 1 unspecified atom stereocenters. The maximum absolute atomic E-state index is 5.37. The summed E-state index contributed by atoms with van der Waals surface area (Å²) in [6.07, 6.45) is 3.07. The van der Waals surface area contributed by atoms with Crippen molar-refractivity contribution in [2.45, 2.75) is 39.2 Å². The van der Waals surface area contributed by atoms with Gasteiger partial charge in [0.05, 0.1) is 19.3 Å². The minimum absolute atomic E-state index is 0.0248. The molecule has 8 nitrogen and oxygen atoms in total. The Morgan fingerprint density at radius 2 is 2.13 bits per heavy atom. The van der Waals surface area contributed by atoms with E-state index in [4.69, 9.17) is 14.7 Å². The molecular weight excluding hydrogens is 378 g/mol. The van der Waals surface area contributed by atoms with Gasteiger partial charge in [0.25, 0.3) is 0 Å². The van der Waals surface area contributed by atoms with Crippen LogP contribution in [0.25, 0.3) is 5.65 Å². The van der Waals surface area contributed by atoms with Crippen LogP contribution in [0.1, 0.15) is 50.3 Å². The number of benzene rings is 1. The molecule has 0 radical (unpaired) electrons. The Morgan fingerprint density at radius 1 is 1.27 bits per heavy atom. The van der Waals surface area contributed by atoms with E-state index in [9.17, 15) is 0 Å². The number of hydrogen-bond acceptors (Lipinski definition) is 7. The first kappa shape index (κ1) is 20.4. The summed E-state index contributed by atoms with van der Waals surface area (Å²) < 4.78 is 7.17.